The second-order valence-electron chi connectivity index (χ2n) is 7.67. The third kappa shape index (κ3) is 6.18. The van der Waals surface area contributed by atoms with Gasteiger partial charge in [0, 0.05) is 29.6 Å². The van der Waals surface area contributed by atoms with E-state index < -0.39 is 0 Å². The molecule has 0 saturated carbocycles. The maximum absolute atomic E-state index is 12.3. The zero-order valence-corrected chi connectivity index (χ0v) is 18.2. The second kappa shape index (κ2) is 10.2. The van der Waals surface area contributed by atoms with Crippen LogP contribution in [-0.4, -0.2) is 24.7 Å². The average molecular weight is 417 g/mol. The molecule has 1 amide bonds. The highest BCUT2D eigenvalue weighted by Crippen LogP contribution is 2.24. The van der Waals surface area contributed by atoms with Gasteiger partial charge in [0.05, 0.1) is 11.8 Å². The highest BCUT2D eigenvalue weighted by atomic mass is 35.5. The third-order valence-electron chi connectivity index (χ3n) is 5.31. The topological polar surface area (TPSA) is 32.3 Å². The number of nitrogens with zero attached hydrogens (tertiary/aromatic N) is 1. The highest BCUT2D eigenvalue weighted by Gasteiger charge is 2.16. The van der Waals surface area contributed by atoms with Crippen molar-refractivity contribution in [2.24, 2.45) is 5.92 Å². The first kappa shape index (κ1) is 21.1. The van der Waals surface area contributed by atoms with Gasteiger partial charge in [0.25, 0.3) is 0 Å². The maximum Gasteiger partial charge on any atom is 0.230 e. The Morgan fingerprint density at radius 3 is 2.61 bits per heavy atom. The summed E-state index contributed by atoms with van der Waals surface area (Å²) in [5.41, 5.74) is 3.56. The molecule has 0 spiro atoms. The van der Waals surface area contributed by atoms with Crippen LogP contribution in [0.3, 0.4) is 0 Å². The number of hydrogen-bond donors (Lipinski definition) is 1. The van der Waals surface area contributed by atoms with Gasteiger partial charge in [0.1, 0.15) is 0 Å². The van der Waals surface area contributed by atoms with Crippen LogP contribution in [0.1, 0.15) is 43.9 Å². The number of amides is 1. The Bertz CT molecular complexity index is 772. The predicted molar refractivity (Wildman–Crippen MR) is 121 cm³/mol. The monoisotopic (exact) mass is 416 g/mol. The Labute approximate surface area is 177 Å². The van der Waals surface area contributed by atoms with Crippen molar-refractivity contribution < 1.29 is 4.79 Å². The largest absolute Gasteiger partial charge is 0.372 e. The van der Waals surface area contributed by atoms with Gasteiger partial charge in [-0.15, -0.1) is 11.8 Å². The first-order chi connectivity index (χ1) is 13.5. The summed E-state index contributed by atoms with van der Waals surface area (Å²) in [4.78, 5) is 14.7. The molecule has 0 aromatic heterocycles. The van der Waals surface area contributed by atoms with Crippen molar-refractivity contribution in [1.29, 1.82) is 0 Å². The summed E-state index contributed by atoms with van der Waals surface area (Å²) in [5, 5.41) is 3.83. The van der Waals surface area contributed by atoms with E-state index in [9.17, 15) is 4.79 Å². The molecular formula is C23H29ClN2OS. The number of piperidine rings is 1. The lowest BCUT2D eigenvalue weighted by Crippen LogP contribution is -2.32. The molecule has 1 fully saturated rings. The van der Waals surface area contributed by atoms with Gasteiger partial charge in [-0.3, -0.25) is 4.79 Å². The van der Waals surface area contributed by atoms with Crippen molar-refractivity contribution in [2.75, 3.05) is 23.7 Å². The molecule has 1 saturated heterocycles. The van der Waals surface area contributed by atoms with Gasteiger partial charge in [0.2, 0.25) is 5.91 Å². The fourth-order valence-electron chi connectivity index (χ4n) is 3.50. The van der Waals surface area contributed by atoms with Crippen LogP contribution >= 0.6 is 23.4 Å². The minimum absolute atomic E-state index is 0.00898. The summed E-state index contributed by atoms with van der Waals surface area (Å²) in [6.45, 7) is 6.64. The van der Waals surface area contributed by atoms with Gasteiger partial charge in [0.15, 0.2) is 0 Å². The number of benzene rings is 2. The quantitative estimate of drug-likeness (QED) is 0.629. The fraction of sp³-hybridized carbons (Fsp3) is 0.435. The van der Waals surface area contributed by atoms with Crippen LogP contribution < -0.4 is 10.2 Å². The molecule has 1 aliphatic heterocycles. The van der Waals surface area contributed by atoms with Crippen LogP contribution in [0.5, 0.6) is 0 Å². The lowest BCUT2D eigenvalue weighted by molar-refractivity contribution is -0.119. The van der Waals surface area contributed by atoms with E-state index in [0.717, 1.165) is 40.9 Å². The Hall–Kier alpha value is -1.65. The van der Waals surface area contributed by atoms with E-state index in [-0.39, 0.29) is 11.9 Å². The first-order valence-electron chi connectivity index (χ1n) is 9.97. The molecule has 150 valence electrons. The minimum Gasteiger partial charge on any atom is -0.372 e. The fourth-order valence-corrected chi connectivity index (χ4v) is 4.49. The molecule has 1 N–H and O–H groups in total. The Morgan fingerprint density at radius 2 is 1.93 bits per heavy atom. The smallest absolute Gasteiger partial charge is 0.230 e. The number of thioether (sulfide) groups is 1. The van der Waals surface area contributed by atoms with Crippen LogP contribution in [-0.2, 0) is 10.5 Å². The van der Waals surface area contributed by atoms with E-state index >= 15 is 0 Å². The van der Waals surface area contributed by atoms with E-state index in [1.165, 1.54) is 18.5 Å². The molecule has 5 heteroatoms. The molecule has 3 rings (SSSR count). The zero-order valence-electron chi connectivity index (χ0n) is 16.7. The standard InChI is InChI=1S/C23H29ClN2OS/c1-17-10-12-26(13-11-17)22-8-6-20(7-9-22)18(2)25-23(27)16-28-15-19-4-3-5-21(24)14-19/h3-9,14,17-18H,10-13,15-16H2,1-2H3,(H,25,27). The van der Waals surface area contributed by atoms with Crippen LogP contribution in [0.2, 0.25) is 5.02 Å². The molecule has 2 aromatic carbocycles. The lowest BCUT2D eigenvalue weighted by atomic mass is 9.98. The average Bonchev–Trinajstić information content (AvgIpc) is 2.69. The van der Waals surface area contributed by atoms with Crippen molar-refractivity contribution in [3.05, 3.63) is 64.7 Å². The molecule has 0 radical (unpaired) electrons. The normalized spacial score (nSPS) is 16.0. The third-order valence-corrected chi connectivity index (χ3v) is 6.55. The summed E-state index contributed by atoms with van der Waals surface area (Å²) in [6.07, 6.45) is 2.53. The summed E-state index contributed by atoms with van der Waals surface area (Å²) >= 11 is 7.60. The van der Waals surface area contributed by atoms with Crippen LogP contribution in [0, 0.1) is 5.92 Å². The molecule has 2 aromatic rings. The van der Waals surface area contributed by atoms with Crippen molar-refractivity contribution >= 4 is 35.0 Å². The lowest BCUT2D eigenvalue weighted by Gasteiger charge is -2.32. The molecule has 0 bridgehead atoms. The van der Waals surface area contributed by atoms with E-state index in [1.807, 2.05) is 31.2 Å². The van der Waals surface area contributed by atoms with Gasteiger partial charge in [-0.05, 0) is 61.1 Å². The summed E-state index contributed by atoms with van der Waals surface area (Å²) < 4.78 is 0. The number of carbonyl (C=O) groups excluding carboxylic acids is 1. The number of hydrogen-bond acceptors (Lipinski definition) is 3. The highest BCUT2D eigenvalue weighted by molar-refractivity contribution is 7.99. The Kier molecular flexibility index (Phi) is 7.69. The van der Waals surface area contributed by atoms with Crippen molar-refractivity contribution in [3.63, 3.8) is 0 Å². The van der Waals surface area contributed by atoms with E-state index in [0.29, 0.717) is 5.75 Å². The summed E-state index contributed by atoms with van der Waals surface area (Å²) in [7, 11) is 0. The maximum atomic E-state index is 12.3. The molecule has 1 heterocycles. The zero-order chi connectivity index (χ0) is 19.9. The molecule has 1 aliphatic rings. The van der Waals surface area contributed by atoms with E-state index in [4.69, 9.17) is 11.6 Å². The summed E-state index contributed by atoms with van der Waals surface area (Å²) in [5.74, 6) is 2.13. The summed E-state index contributed by atoms with van der Waals surface area (Å²) in [6, 6.07) is 16.4. The molecule has 0 aliphatic carbocycles. The van der Waals surface area contributed by atoms with E-state index in [1.54, 1.807) is 11.8 Å². The van der Waals surface area contributed by atoms with Crippen molar-refractivity contribution in [3.8, 4) is 0 Å². The molecular weight excluding hydrogens is 388 g/mol. The van der Waals surface area contributed by atoms with Crippen LogP contribution in [0.25, 0.3) is 0 Å². The van der Waals surface area contributed by atoms with Crippen LogP contribution in [0.15, 0.2) is 48.5 Å². The van der Waals surface area contributed by atoms with Crippen molar-refractivity contribution in [1.82, 2.24) is 5.32 Å². The SMILES string of the molecule is CC1CCN(c2ccc(C(C)NC(=O)CSCc3cccc(Cl)c3)cc2)CC1. The van der Waals surface area contributed by atoms with Gasteiger partial charge >= 0.3 is 0 Å². The van der Waals surface area contributed by atoms with Crippen molar-refractivity contribution in [2.45, 2.75) is 38.5 Å². The molecule has 3 nitrogen and oxygen atoms in total. The number of halogens is 1. The molecule has 1 atom stereocenters. The van der Waals surface area contributed by atoms with Gasteiger partial charge in [-0.25, -0.2) is 0 Å². The number of rotatable bonds is 7. The minimum atomic E-state index is 0.00898. The van der Waals surface area contributed by atoms with Gasteiger partial charge in [-0.1, -0.05) is 42.8 Å². The number of carbonyl (C=O) groups is 1. The Morgan fingerprint density at radius 1 is 1.21 bits per heavy atom. The number of anilines is 1. The Balaban J connectivity index is 1.44. The predicted octanol–water partition coefficient (Wildman–Crippen LogP) is 5.69. The van der Waals surface area contributed by atoms with Gasteiger partial charge in [-0.2, -0.15) is 0 Å². The van der Waals surface area contributed by atoms with Crippen LogP contribution in [0.4, 0.5) is 5.69 Å². The number of nitrogens with one attached hydrogen (secondary N) is 1. The molecule has 28 heavy (non-hydrogen) atoms. The van der Waals surface area contributed by atoms with E-state index in [2.05, 4.69) is 41.4 Å². The molecule has 1 unspecified atom stereocenters. The second-order valence-corrected chi connectivity index (χ2v) is 9.10. The first-order valence-corrected chi connectivity index (χ1v) is 11.5. The van der Waals surface area contributed by atoms with Gasteiger partial charge < -0.3 is 10.2 Å².